The number of aliphatic hydroxyl groups excluding tert-OH is 1. The number of carbonyl (C=O) groups is 1. The zero-order valence-corrected chi connectivity index (χ0v) is 7.24. The lowest BCUT2D eigenvalue weighted by atomic mass is 10.1. The fourth-order valence-corrected chi connectivity index (χ4v) is 0.585. The van der Waals surface area contributed by atoms with Crippen LogP contribution in [0.5, 0.6) is 0 Å². The first-order valence-electron chi connectivity index (χ1n) is 3.37. The van der Waals surface area contributed by atoms with Gasteiger partial charge in [-0.05, 0) is 0 Å². The van der Waals surface area contributed by atoms with Crippen molar-refractivity contribution >= 4 is 5.97 Å². The molecule has 0 rings (SSSR count). The van der Waals surface area contributed by atoms with Crippen molar-refractivity contribution in [2.75, 3.05) is 13.7 Å². The van der Waals surface area contributed by atoms with E-state index in [0.29, 0.717) is 7.11 Å². The van der Waals surface area contributed by atoms with Crippen molar-refractivity contribution < 1.29 is 41.0 Å². The molecule has 0 saturated heterocycles. The van der Waals surface area contributed by atoms with E-state index >= 15 is 0 Å². The minimum absolute atomic E-state index is 0.337. The van der Waals surface area contributed by atoms with Crippen molar-refractivity contribution in [2.24, 2.45) is 0 Å². The SMILES string of the molecule is COC(=O)C(F)(F)C(F)(F)C(F)(F)CO. The van der Waals surface area contributed by atoms with Crippen LogP contribution in [0, 0.1) is 0 Å². The molecule has 0 heterocycles. The Bertz CT molecular complexity index is 251. The van der Waals surface area contributed by atoms with E-state index in [2.05, 4.69) is 4.74 Å². The van der Waals surface area contributed by atoms with Crippen LogP contribution >= 0.6 is 0 Å². The number of hydrogen-bond donors (Lipinski definition) is 1. The molecule has 0 aromatic heterocycles. The Balaban J connectivity index is 5.27. The average molecular weight is 240 g/mol. The van der Waals surface area contributed by atoms with E-state index in [-0.39, 0.29) is 0 Å². The van der Waals surface area contributed by atoms with Gasteiger partial charge in [-0.15, -0.1) is 0 Å². The number of ether oxygens (including phenoxy) is 1. The molecule has 3 nitrogen and oxygen atoms in total. The van der Waals surface area contributed by atoms with Crippen LogP contribution in [0.3, 0.4) is 0 Å². The second kappa shape index (κ2) is 3.87. The maximum Gasteiger partial charge on any atom is 0.410 e. The molecular formula is C6H6F6O3. The Morgan fingerprint density at radius 1 is 1.20 bits per heavy atom. The van der Waals surface area contributed by atoms with Crippen LogP contribution in [0.1, 0.15) is 0 Å². The highest BCUT2D eigenvalue weighted by Gasteiger charge is 2.75. The number of halogens is 6. The molecule has 0 radical (unpaired) electrons. The molecule has 0 aliphatic carbocycles. The Kier molecular flexibility index (Phi) is 3.62. The van der Waals surface area contributed by atoms with Crippen molar-refractivity contribution in [3.63, 3.8) is 0 Å². The minimum atomic E-state index is -6.03. The molecule has 0 aromatic rings. The van der Waals surface area contributed by atoms with Gasteiger partial charge in [-0.3, -0.25) is 0 Å². The van der Waals surface area contributed by atoms with Crippen molar-refractivity contribution in [1.29, 1.82) is 0 Å². The summed E-state index contributed by atoms with van der Waals surface area (Å²) in [7, 11) is 0.337. The maximum absolute atomic E-state index is 12.5. The first-order chi connectivity index (χ1) is 6.54. The summed E-state index contributed by atoms with van der Waals surface area (Å²) in [6, 6.07) is 0. The van der Waals surface area contributed by atoms with Gasteiger partial charge in [-0.25, -0.2) is 4.79 Å². The highest BCUT2D eigenvalue weighted by atomic mass is 19.3. The highest BCUT2D eigenvalue weighted by Crippen LogP contribution is 2.45. The molecular weight excluding hydrogens is 234 g/mol. The molecule has 90 valence electrons. The molecule has 0 spiro atoms. The molecule has 0 fully saturated rings. The third kappa shape index (κ3) is 2.01. The molecule has 1 N–H and O–H groups in total. The second-order valence-corrected chi connectivity index (χ2v) is 2.50. The zero-order valence-electron chi connectivity index (χ0n) is 7.24. The fraction of sp³-hybridized carbons (Fsp3) is 0.833. The van der Waals surface area contributed by atoms with Crippen molar-refractivity contribution in [2.45, 2.75) is 17.8 Å². The van der Waals surface area contributed by atoms with Gasteiger partial charge >= 0.3 is 23.7 Å². The monoisotopic (exact) mass is 240 g/mol. The summed E-state index contributed by atoms with van der Waals surface area (Å²) in [6.45, 7) is -2.52. The molecule has 0 amide bonds. The molecule has 0 atom stereocenters. The predicted molar refractivity (Wildman–Crippen MR) is 33.9 cm³/mol. The Hall–Kier alpha value is -0.990. The minimum Gasteiger partial charge on any atom is -0.464 e. The molecule has 0 bridgehead atoms. The summed E-state index contributed by atoms with van der Waals surface area (Å²) in [4.78, 5) is 10.2. The molecule has 9 heteroatoms. The number of hydrogen-bond acceptors (Lipinski definition) is 3. The standard InChI is InChI=1S/C6H6F6O3/c1-15-3(14)5(9,10)6(11,12)4(7,8)2-13/h13H,2H2,1H3. The third-order valence-electron chi connectivity index (χ3n) is 1.49. The second-order valence-electron chi connectivity index (χ2n) is 2.50. The normalized spacial score (nSPS) is 13.9. The van der Waals surface area contributed by atoms with Crippen LogP contribution < -0.4 is 0 Å². The van der Waals surface area contributed by atoms with Gasteiger partial charge in [0, 0.05) is 0 Å². The van der Waals surface area contributed by atoms with E-state index in [1.807, 2.05) is 0 Å². The number of esters is 1. The van der Waals surface area contributed by atoms with E-state index in [1.54, 1.807) is 0 Å². The van der Waals surface area contributed by atoms with E-state index < -0.39 is 30.3 Å². The van der Waals surface area contributed by atoms with Crippen LogP contribution in [0.15, 0.2) is 0 Å². The van der Waals surface area contributed by atoms with Crippen LogP contribution in [0.2, 0.25) is 0 Å². The molecule has 0 unspecified atom stereocenters. The van der Waals surface area contributed by atoms with Gasteiger partial charge in [0.2, 0.25) is 0 Å². The van der Waals surface area contributed by atoms with Gasteiger partial charge in [-0.2, -0.15) is 26.3 Å². The largest absolute Gasteiger partial charge is 0.464 e. The Labute approximate surface area is 79.6 Å². The summed E-state index contributed by atoms with van der Waals surface area (Å²) >= 11 is 0. The average Bonchev–Trinajstić information content (AvgIpc) is 2.15. The lowest BCUT2D eigenvalue weighted by Gasteiger charge is -2.29. The first-order valence-corrected chi connectivity index (χ1v) is 3.37. The molecule has 15 heavy (non-hydrogen) atoms. The van der Waals surface area contributed by atoms with Gasteiger partial charge in [0.15, 0.2) is 0 Å². The van der Waals surface area contributed by atoms with Crippen molar-refractivity contribution in [1.82, 2.24) is 0 Å². The third-order valence-corrected chi connectivity index (χ3v) is 1.49. The number of carbonyl (C=O) groups excluding carboxylic acids is 1. The summed E-state index contributed by atoms with van der Waals surface area (Å²) < 4.78 is 77.6. The van der Waals surface area contributed by atoms with Gasteiger partial charge in [0.1, 0.15) is 6.61 Å². The maximum atomic E-state index is 12.5. The van der Waals surface area contributed by atoms with Crippen molar-refractivity contribution in [3.8, 4) is 0 Å². The number of alkyl halides is 6. The molecule has 0 aliphatic heterocycles. The lowest BCUT2D eigenvalue weighted by molar-refractivity contribution is -0.311. The summed E-state index contributed by atoms with van der Waals surface area (Å²) in [5.41, 5.74) is 0. The molecule has 0 saturated carbocycles. The van der Waals surface area contributed by atoms with Gasteiger partial charge < -0.3 is 9.84 Å². The van der Waals surface area contributed by atoms with Gasteiger partial charge in [0.25, 0.3) is 0 Å². The topological polar surface area (TPSA) is 46.5 Å². The fourth-order valence-electron chi connectivity index (χ4n) is 0.585. The van der Waals surface area contributed by atoms with Crippen LogP contribution in [0.25, 0.3) is 0 Å². The van der Waals surface area contributed by atoms with E-state index in [9.17, 15) is 31.1 Å². The van der Waals surface area contributed by atoms with E-state index in [0.717, 1.165) is 0 Å². The summed E-state index contributed by atoms with van der Waals surface area (Å²) in [5.74, 6) is -20.0. The number of rotatable bonds is 4. The number of methoxy groups -OCH3 is 1. The molecule has 0 aromatic carbocycles. The predicted octanol–water partition coefficient (Wildman–Crippen LogP) is 1.06. The first kappa shape index (κ1) is 14.0. The zero-order chi connectivity index (χ0) is 12.5. The van der Waals surface area contributed by atoms with Crippen molar-refractivity contribution in [3.05, 3.63) is 0 Å². The van der Waals surface area contributed by atoms with Gasteiger partial charge in [-0.1, -0.05) is 0 Å². The summed E-state index contributed by atoms with van der Waals surface area (Å²) in [5, 5.41) is 7.83. The van der Waals surface area contributed by atoms with Crippen LogP contribution in [-0.2, 0) is 9.53 Å². The quantitative estimate of drug-likeness (QED) is 0.590. The Morgan fingerprint density at radius 3 is 1.87 bits per heavy atom. The van der Waals surface area contributed by atoms with E-state index in [1.165, 1.54) is 0 Å². The smallest absolute Gasteiger partial charge is 0.410 e. The number of aliphatic hydroxyl groups is 1. The summed E-state index contributed by atoms with van der Waals surface area (Å²) in [6.07, 6.45) is 0. The van der Waals surface area contributed by atoms with Crippen LogP contribution in [-0.4, -0.2) is 42.6 Å². The van der Waals surface area contributed by atoms with Gasteiger partial charge in [0.05, 0.1) is 7.11 Å². The van der Waals surface area contributed by atoms with E-state index in [4.69, 9.17) is 5.11 Å². The lowest BCUT2D eigenvalue weighted by Crippen LogP contribution is -2.59. The van der Waals surface area contributed by atoms with Crippen LogP contribution in [0.4, 0.5) is 26.3 Å². The Morgan fingerprint density at radius 2 is 1.60 bits per heavy atom. The molecule has 0 aliphatic rings. The highest BCUT2D eigenvalue weighted by molar-refractivity contribution is 5.79.